The number of hydrogen-bond acceptors (Lipinski definition) is 1. The second kappa shape index (κ2) is 8.23. The molecule has 0 atom stereocenters. The summed E-state index contributed by atoms with van der Waals surface area (Å²) >= 11 is 0. The third-order valence-electron chi connectivity index (χ3n) is 3.61. The van der Waals surface area contributed by atoms with E-state index in [4.69, 9.17) is 0 Å². The molecular weight excluding hydrogens is 272 g/mol. The number of nitrogens with one attached hydrogen (secondary N) is 1. The van der Waals surface area contributed by atoms with Gasteiger partial charge in [0.05, 0.1) is 0 Å². The zero-order valence-electron chi connectivity index (χ0n) is 13.4. The van der Waals surface area contributed by atoms with Gasteiger partial charge in [-0.3, -0.25) is 0 Å². The van der Waals surface area contributed by atoms with Crippen LogP contribution < -0.4 is 5.32 Å². The van der Waals surface area contributed by atoms with Crippen molar-refractivity contribution in [3.8, 4) is 0 Å². The van der Waals surface area contributed by atoms with Crippen molar-refractivity contribution >= 4 is 11.7 Å². The van der Waals surface area contributed by atoms with Gasteiger partial charge in [-0.1, -0.05) is 42.5 Å². The van der Waals surface area contributed by atoms with Gasteiger partial charge in [0.15, 0.2) is 0 Å². The quantitative estimate of drug-likeness (QED) is 0.790. The first-order valence-electron chi connectivity index (χ1n) is 7.76. The van der Waals surface area contributed by atoms with E-state index in [-0.39, 0.29) is 6.03 Å². The molecule has 0 heterocycles. The summed E-state index contributed by atoms with van der Waals surface area (Å²) in [6, 6.07) is 18.6. The van der Waals surface area contributed by atoms with Crippen LogP contribution in [-0.2, 0) is 12.8 Å². The van der Waals surface area contributed by atoms with Crippen molar-refractivity contribution in [3.63, 3.8) is 0 Å². The van der Waals surface area contributed by atoms with E-state index < -0.39 is 0 Å². The molecule has 2 rings (SSSR count). The molecule has 0 aromatic heterocycles. The Labute approximate surface area is 133 Å². The largest absolute Gasteiger partial charge is 0.331 e. The number of nitrogens with zero attached hydrogens (tertiary/aromatic N) is 1. The molecule has 0 unspecified atom stereocenters. The van der Waals surface area contributed by atoms with Gasteiger partial charge in [0.1, 0.15) is 0 Å². The van der Waals surface area contributed by atoms with E-state index in [0.29, 0.717) is 0 Å². The first-order valence-corrected chi connectivity index (χ1v) is 7.76. The fourth-order valence-electron chi connectivity index (χ4n) is 2.34. The Morgan fingerprint density at radius 3 is 2.23 bits per heavy atom. The molecule has 1 N–H and O–H groups in total. The van der Waals surface area contributed by atoms with Crippen LogP contribution in [0.4, 0.5) is 10.5 Å². The molecule has 2 aromatic carbocycles. The topological polar surface area (TPSA) is 32.3 Å². The minimum absolute atomic E-state index is 0.0961. The Morgan fingerprint density at radius 2 is 1.55 bits per heavy atom. The second-order valence-electron chi connectivity index (χ2n) is 5.72. The third-order valence-corrected chi connectivity index (χ3v) is 3.61. The van der Waals surface area contributed by atoms with Gasteiger partial charge in [0.2, 0.25) is 0 Å². The number of amides is 2. The van der Waals surface area contributed by atoms with E-state index >= 15 is 0 Å². The molecule has 3 nitrogen and oxygen atoms in total. The van der Waals surface area contributed by atoms with Crippen molar-refractivity contribution in [2.75, 3.05) is 19.4 Å². The van der Waals surface area contributed by atoms with Gasteiger partial charge in [-0.05, 0) is 48.9 Å². The molecule has 0 radical (unpaired) electrons. The monoisotopic (exact) mass is 296 g/mol. The number of carbonyl (C=O) groups is 1. The molecule has 3 heteroatoms. The molecule has 2 aromatic rings. The summed E-state index contributed by atoms with van der Waals surface area (Å²) in [7, 11) is 3.48. The predicted molar refractivity (Wildman–Crippen MR) is 92.2 cm³/mol. The van der Waals surface area contributed by atoms with Crippen LogP contribution in [0.2, 0.25) is 0 Å². The zero-order valence-corrected chi connectivity index (χ0v) is 13.4. The van der Waals surface area contributed by atoms with Crippen molar-refractivity contribution in [2.45, 2.75) is 25.7 Å². The van der Waals surface area contributed by atoms with Crippen molar-refractivity contribution in [1.82, 2.24) is 4.90 Å². The Morgan fingerprint density at radius 1 is 0.909 bits per heavy atom. The molecule has 0 spiro atoms. The molecule has 0 saturated carbocycles. The minimum atomic E-state index is -0.0961. The van der Waals surface area contributed by atoms with Crippen LogP contribution in [0.5, 0.6) is 0 Å². The highest BCUT2D eigenvalue weighted by atomic mass is 16.2. The smallest absolute Gasteiger partial charge is 0.321 e. The lowest BCUT2D eigenvalue weighted by atomic mass is 10.0. The van der Waals surface area contributed by atoms with Crippen molar-refractivity contribution in [3.05, 3.63) is 65.7 Å². The van der Waals surface area contributed by atoms with E-state index in [1.807, 2.05) is 12.1 Å². The van der Waals surface area contributed by atoms with E-state index in [1.165, 1.54) is 22.4 Å². The number of urea groups is 1. The molecule has 0 aliphatic rings. The fraction of sp³-hybridized carbons (Fsp3) is 0.316. The second-order valence-corrected chi connectivity index (χ2v) is 5.72. The van der Waals surface area contributed by atoms with Crippen LogP contribution in [0, 0.1) is 0 Å². The van der Waals surface area contributed by atoms with Crippen LogP contribution in [0.25, 0.3) is 0 Å². The van der Waals surface area contributed by atoms with Gasteiger partial charge in [-0.25, -0.2) is 4.79 Å². The van der Waals surface area contributed by atoms with E-state index in [0.717, 1.165) is 24.9 Å². The summed E-state index contributed by atoms with van der Waals surface area (Å²) in [6.07, 6.45) is 4.49. The first kappa shape index (κ1) is 16.1. The van der Waals surface area contributed by atoms with E-state index in [9.17, 15) is 4.79 Å². The lowest BCUT2D eigenvalue weighted by molar-refractivity contribution is 0.230. The molecule has 116 valence electrons. The number of benzene rings is 2. The maximum absolute atomic E-state index is 11.7. The Balaban J connectivity index is 1.79. The average Bonchev–Trinajstić information content (AvgIpc) is 2.53. The zero-order chi connectivity index (χ0) is 15.8. The molecule has 0 saturated heterocycles. The number of rotatable bonds is 6. The average molecular weight is 296 g/mol. The van der Waals surface area contributed by atoms with Crippen LogP contribution in [0.1, 0.15) is 24.0 Å². The van der Waals surface area contributed by atoms with Crippen LogP contribution in [0.15, 0.2) is 54.6 Å². The number of unbranched alkanes of at least 4 members (excludes halogenated alkanes) is 1. The summed E-state index contributed by atoms with van der Waals surface area (Å²) in [4.78, 5) is 13.2. The van der Waals surface area contributed by atoms with Gasteiger partial charge >= 0.3 is 6.03 Å². The van der Waals surface area contributed by atoms with Crippen LogP contribution >= 0.6 is 0 Å². The summed E-state index contributed by atoms with van der Waals surface area (Å²) in [5.74, 6) is 0. The molecule has 2 amide bonds. The Bertz CT molecular complexity index is 593. The lowest BCUT2D eigenvalue weighted by Crippen LogP contribution is -2.27. The van der Waals surface area contributed by atoms with Gasteiger partial charge in [0, 0.05) is 19.8 Å². The maximum Gasteiger partial charge on any atom is 0.321 e. The fourth-order valence-corrected chi connectivity index (χ4v) is 2.34. The van der Waals surface area contributed by atoms with Crippen molar-refractivity contribution in [1.29, 1.82) is 0 Å². The number of anilines is 1. The number of hydrogen-bond donors (Lipinski definition) is 1. The Kier molecular flexibility index (Phi) is 6.01. The van der Waals surface area contributed by atoms with Crippen LogP contribution in [-0.4, -0.2) is 25.0 Å². The molecule has 22 heavy (non-hydrogen) atoms. The normalized spacial score (nSPS) is 10.3. The molecule has 0 aliphatic heterocycles. The highest BCUT2D eigenvalue weighted by molar-refractivity contribution is 5.88. The van der Waals surface area contributed by atoms with Gasteiger partial charge in [-0.15, -0.1) is 0 Å². The Hall–Kier alpha value is -2.29. The highest BCUT2D eigenvalue weighted by Gasteiger charge is 2.04. The highest BCUT2D eigenvalue weighted by Crippen LogP contribution is 2.14. The number of carbonyl (C=O) groups excluding carboxylic acids is 1. The maximum atomic E-state index is 11.7. The minimum Gasteiger partial charge on any atom is -0.331 e. The standard InChI is InChI=1S/C19H24N2O/c1-21(2)19(22)20-18-14-8-13-17(15-18)12-7-6-11-16-9-4-3-5-10-16/h3-5,8-10,13-15H,6-7,11-12H2,1-2H3,(H,20,22). The van der Waals surface area contributed by atoms with E-state index in [1.54, 1.807) is 14.1 Å². The van der Waals surface area contributed by atoms with Crippen molar-refractivity contribution in [2.24, 2.45) is 0 Å². The van der Waals surface area contributed by atoms with Crippen molar-refractivity contribution < 1.29 is 4.79 Å². The SMILES string of the molecule is CN(C)C(=O)Nc1cccc(CCCCc2ccccc2)c1. The van der Waals surface area contributed by atoms with Crippen LogP contribution in [0.3, 0.4) is 0 Å². The first-order chi connectivity index (χ1) is 10.6. The molecule has 0 aliphatic carbocycles. The molecule has 0 fully saturated rings. The lowest BCUT2D eigenvalue weighted by Gasteiger charge is -2.12. The predicted octanol–water partition coefficient (Wildman–Crippen LogP) is 4.35. The summed E-state index contributed by atoms with van der Waals surface area (Å²) < 4.78 is 0. The summed E-state index contributed by atoms with van der Waals surface area (Å²) in [5.41, 5.74) is 3.53. The summed E-state index contributed by atoms with van der Waals surface area (Å²) in [6.45, 7) is 0. The van der Waals surface area contributed by atoms with Gasteiger partial charge < -0.3 is 10.2 Å². The summed E-state index contributed by atoms with van der Waals surface area (Å²) in [5, 5.41) is 2.89. The van der Waals surface area contributed by atoms with Gasteiger partial charge in [-0.2, -0.15) is 0 Å². The number of aryl methyl sites for hydroxylation is 2. The third kappa shape index (κ3) is 5.24. The van der Waals surface area contributed by atoms with Gasteiger partial charge in [0.25, 0.3) is 0 Å². The van der Waals surface area contributed by atoms with E-state index in [2.05, 4.69) is 47.8 Å². The molecular formula is C19H24N2O. The molecule has 0 bridgehead atoms.